The first kappa shape index (κ1) is 14.4. The first-order valence-corrected chi connectivity index (χ1v) is 6.65. The lowest BCUT2D eigenvalue weighted by atomic mass is 9.95. The average molecular weight is 281 g/mol. The molecule has 2 atom stereocenters. The number of amides is 1. The van der Waals surface area contributed by atoms with E-state index >= 15 is 0 Å². The molecule has 2 heterocycles. The summed E-state index contributed by atoms with van der Waals surface area (Å²) in [5.74, 6) is 0.504. The van der Waals surface area contributed by atoms with E-state index in [1.807, 2.05) is 0 Å². The van der Waals surface area contributed by atoms with Gasteiger partial charge in [-0.3, -0.25) is 9.36 Å². The molecule has 0 saturated carbocycles. The van der Waals surface area contributed by atoms with E-state index < -0.39 is 4.92 Å². The highest BCUT2D eigenvalue weighted by Gasteiger charge is 2.23. The largest absolute Gasteiger partial charge is 0.381 e. The van der Waals surface area contributed by atoms with Gasteiger partial charge in [-0.15, -0.1) is 0 Å². The highest BCUT2D eigenvalue weighted by atomic mass is 16.6. The molecule has 0 radical (unpaired) electrons. The van der Waals surface area contributed by atoms with Crippen molar-refractivity contribution in [2.75, 3.05) is 13.1 Å². The van der Waals surface area contributed by atoms with E-state index in [-0.39, 0.29) is 24.3 Å². The Hall–Kier alpha value is -1.96. The lowest BCUT2D eigenvalue weighted by Gasteiger charge is -2.30. The van der Waals surface area contributed by atoms with E-state index in [4.69, 9.17) is 0 Å². The number of carbonyl (C=O) groups excluding carboxylic acids is 1. The van der Waals surface area contributed by atoms with Gasteiger partial charge in [0, 0.05) is 19.5 Å². The van der Waals surface area contributed by atoms with E-state index in [1.165, 1.54) is 10.8 Å². The predicted molar refractivity (Wildman–Crippen MR) is 72.2 cm³/mol. The highest BCUT2D eigenvalue weighted by Crippen LogP contribution is 2.12. The van der Waals surface area contributed by atoms with Crippen molar-refractivity contribution in [3.05, 3.63) is 22.1 Å². The molecule has 2 unspecified atom stereocenters. The van der Waals surface area contributed by atoms with Gasteiger partial charge in [0.25, 0.3) is 0 Å². The van der Waals surface area contributed by atoms with Gasteiger partial charge in [0.05, 0.1) is 0 Å². The van der Waals surface area contributed by atoms with Crippen LogP contribution in [0.2, 0.25) is 0 Å². The Morgan fingerprint density at radius 2 is 2.45 bits per heavy atom. The minimum absolute atomic E-state index is 0.0515. The van der Waals surface area contributed by atoms with Gasteiger partial charge in [-0.05, 0) is 28.8 Å². The zero-order valence-electron chi connectivity index (χ0n) is 11.6. The number of aryl methyl sites for hydroxylation is 1. The molecule has 1 fully saturated rings. The molecule has 0 spiro atoms. The molecule has 2 N–H and O–H groups in total. The van der Waals surface area contributed by atoms with Crippen LogP contribution in [0.15, 0.2) is 6.20 Å². The molecule has 1 aromatic rings. The van der Waals surface area contributed by atoms with Crippen LogP contribution in [0, 0.1) is 23.0 Å². The number of aromatic nitrogens is 2. The molecular weight excluding hydrogens is 262 g/mol. The summed E-state index contributed by atoms with van der Waals surface area (Å²) in [6.07, 6.45) is 2.32. The molecule has 2 rings (SSSR count). The van der Waals surface area contributed by atoms with Crippen molar-refractivity contribution in [2.45, 2.75) is 32.9 Å². The van der Waals surface area contributed by atoms with Gasteiger partial charge in [0.1, 0.15) is 12.7 Å². The molecule has 1 saturated heterocycles. The zero-order valence-corrected chi connectivity index (χ0v) is 11.6. The third-order valence-corrected chi connectivity index (χ3v) is 3.64. The number of carbonyl (C=O) groups is 1. The molecule has 8 nitrogen and oxygen atoms in total. The Morgan fingerprint density at radius 3 is 3.05 bits per heavy atom. The quantitative estimate of drug-likeness (QED) is 0.607. The second kappa shape index (κ2) is 6.00. The highest BCUT2D eigenvalue weighted by molar-refractivity contribution is 5.76. The summed E-state index contributed by atoms with van der Waals surface area (Å²) >= 11 is 0. The van der Waals surface area contributed by atoms with Gasteiger partial charge in [0.2, 0.25) is 11.7 Å². The standard InChI is InChI=1S/C12H19N5O3/c1-8-3-4-13-5-10(8)15-12(18)7-16-6-11(17(19)20)14-9(16)2/h6,8,10,13H,3-5,7H2,1-2H3,(H,15,18). The number of rotatable bonds is 4. The molecule has 1 amide bonds. The number of hydrogen-bond donors (Lipinski definition) is 2. The zero-order chi connectivity index (χ0) is 14.7. The van der Waals surface area contributed by atoms with E-state index in [2.05, 4.69) is 22.5 Å². The molecule has 0 bridgehead atoms. The molecule has 20 heavy (non-hydrogen) atoms. The first-order valence-electron chi connectivity index (χ1n) is 6.65. The van der Waals surface area contributed by atoms with Gasteiger partial charge < -0.3 is 20.7 Å². The van der Waals surface area contributed by atoms with Gasteiger partial charge >= 0.3 is 5.82 Å². The Balaban J connectivity index is 1.95. The van der Waals surface area contributed by atoms with Gasteiger partial charge in [0.15, 0.2) is 0 Å². The van der Waals surface area contributed by atoms with Crippen LogP contribution in [0.1, 0.15) is 19.2 Å². The SMILES string of the molecule is Cc1nc([N+](=O)[O-])cn1CC(=O)NC1CNCCC1C. The molecule has 0 aliphatic carbocycles. The maximum Gasteiger partial charge on any atom is 0.381 e. The minimum atomic E-state index is -0.561. The molecule has 1 aliphatic rings. The smallest absolute Gasteiger partial charge is 0.358 e. The van der Waals surface area contributed by atoms with E-state index in [1.54, 1.807) is 6.92 Å². The van der Waals surface area contributed by atoms with Crippen LogP contribution in [0.5, 0.6) is 0 Å². The molecule has 1 aliphatic heterocycles. The Morgan fingerprint density at radius 1 is 1.70 bits per heavy atom. The Kier molecular flexibility index (Phi) is 4.33. The summed E-state index contributed by atoms with van der Waals surface area (Å²) in [6.45, 7) is 5.54. The van der Waals surface area contributed by atoms with Crippen LogP contribution >= 0.6 is 0 Å². The summed E-state index contributed by atoms with van der Waals surface area (Å²) in [6, 6.07) is 0.107. The van der Waals surface area contributed by atoms with Crippen molar-refractivity contribution < 1.29 is 9.72 Å². The Bertz CT molecular complexity index is 513. The van der Waals surface area contributed by atoms with E-state index in [0.717, 1.165) is 19.5 Å². The third kappa shape index (κ3) is 3.32. The van der Waals surface area contributed by atoms with Crippen molar-refractivity contribution in [1.82, 2.24) is 20.2 Å². The summed E-state index contributed by atoms with van der Waals surface area (Å²) in [4.78, 5) is 25.9. The van der Waals surface area contributed by atoms with Crippen LogP contribution < -0.4 is 10.6 Å². The maximum atomic E-state index is 12.0. The maximum absolute atomic E-state index is 12.0. The molecular formula is C12H19N5O3. The fourth-order valence-corrected chi connectivity index (χ4v) is 2.33. The molecule has 0 aromatic carbocycles. The lowest BCUT2D eigenvalue weighted by molar-refractivity contribution is -0.389. The number of nitro groups is 1. The molecule has 8 heteroatoms. The normalized spacial score (nSPS) is 22.5. The summed E-state index contributed by atoms with van der Waals surface area (Å²) < 4.78 is 1.49. The number of nitrogens with one attached hydrogen (secondary N) is 2. The monoisotopic (exact) mass is 281 g/mol. The minimum Gasteiger partial charge on any atom is -0.358 e. The van der Waals surface area contributed by atoms with Crippen molar-refractivity contribution >= 4 is 11.7 Å². The summed E-state index contributed by atoms with van der Waals surface area (Å²) in [5, 5.41) is 16.8. The van der Waals surface area contributed by atoms with Crippen molar-refractivity contribution in [3.63, 3.8) is 0 Å². The van der Waals surface area contributed by atoms with Crippen LogP contribution in [-0.2, 0) is 11.3 Å². The van der Waals surface area contributed by atoms with Crippen molar-refractivity contribution in [2.24, 2.45) is 5.92 Å². The van der Waals surface area contributed by atoms with Crippen molar-refractivity contribution in [1.29, 1.82) is 0 Å². The molecule has 1 aromatic heterocycles. The third-order valence-electron chi connectivity index (χ3n) is 3.64. The van der Waals surface area contributed by atoms with Gasteiger partial charge in [-0.1, -0.05) is 6.92 Å². The summed E-state index contributed by atoms with van der Waals surface area (Å²) in [5.41, 5.74) is 0. The predicted octanol–water partition coefficient (Wildman–Crippen LogP) is 0.214. The first-order chi connectivity index (χ1) is 9.47. The van der Waals surface area contributed by atoms with Gasteiger partial charge in [-0.2, -0.15) is 0 Å². The number of piperidine rings is 1. The summed E-state index contributed by atoms with van der Waals surface area (Å²) in [7, 11) is 0. The second-order valence-corrected chi connectivity index (χ2v) is 5.18. The number of nitrogens with zero attached hydrogens (tertiary/aromatic N) is 3. The number of imidazole rings is 1. The number of hydrogen-bond acceptors (Lipinski definition) is 5. The fraction of sp³-hybridized carbons (Fsp3) is 0.667. The second-order valence-electron chi connectivity index (χ2n) is 5.18. The average Bonchev–Trinajstić information content (AvgIpc) is 2.74. The van der Waals surface area contributed by atoms with Gasteiger partial charge in [-0.25, -0.2) is 0 Å². The van der Waals surface area contributed by atoms with Crippen LogP contribution in [0.25, 0.3) is 0 Å². The van der Waals surface area contributed by atoms with Crippen molar-refractivity contribution in [3.8, 4) is 0 Å². The fourth-order valence-electron chi connectivity index (χ4n) is 2.33. The Labute approximate surface area is 116 Å². The van der Waals surface area contributed by atoms with E-state index in [0.29, 0.717) is 11.7 Å². The molecule has 110 valence electrons. The topological polar surface area (TPSA) is 102 Å². The lowest BCUT2D eigenvalue weighted by Crippen LogP contribution is -2.50. The van der Waals surface area contributed by atoms with Crippen LogP contribution in [0.4, 0.5) is 5.82 Å². The van der Waals surface area contributed by atoms with E-state index in [9.17, 15) is 14.9 Å². The van der Waals surface area contributed by atoms with Crippen LogP contribution in [-0.4, -0.2) is 39.5 Å². The van der Waals surface area contributed by atoms with Crippen LogP contribution in [0.3, 0.4) is 0 Å².